The zero-order chi connectivity index (χ0) is 17.1. The zero-order valence-corrected chi connectivity index (χ0v) is 14.3. The molecule has 0 bridgehead atoms. The Labute approximate surface area is 148 Å². The molecule has 0 saturated carbocycles. The average Bonchev–Trinajstić information content (AvgIpc) is 2.55. The van der Waals surface area contributed by atoms with Crippen LogP contribution in [0.15, 0.2) is 18.2 Å². The summed E-state index contributed by atoms with van der Waals surface area (Å²) in [4.78, 5) is 0. The van der Waals surface area contributed by atoms with Crippen LogP contribution in [0.1, 0.15) is 16.7 Å². The van der Waals surface area contributed by atoms with E-state index in [1.807, 2.05) is 19.1 Å². The number of aryl methyl sites for hydroxylation is 1. The Bertz CT molecular complexity index is 867. The Morgan fingerprint density at radius 3 is 2.09 bits per heavy atom. The number of hydrogen-bond acceptors (Lipinski definition) is 4. The summed E-state index contributed by atoms with van der Waals surface area (Å²) in [5, 5.41) is 18.1. The van der Waals surface area contributed by atoms with Crippen LogP contribution in [0, 0.1) is 29.6 Å². The molecule has 0 amide bonds. The van der Waals surface area contributed by atoms with Gasteiger partial charge in [0.05, 0.1) is 23.3 Å². The van der Waals surface area contributed by atoms with Crippen molar-refractivity contribution in [2.75, 3.05) is 7.11 Å². The largest absolute Gasteiger partial charge is 0.497 e. The van der Waals surface area contributed by atoms with E-state index in [4.69, 9.17) is 49.5 Å². The lowest BCUT2D eigenvalue weighted by Crippen LogP contribution is -1.96. The third-order valence-corrected chi connectivity index (χ3v) is 4.29. The summed E-state index contributed by atoms with van der Waals surface area (Å²) < 4.78 is 10.9. The van der Waals surface area contributed by atoms with Gasteiger partial charge in [0.25, 0.3) is 0 Å². The molecule has 0 saturated heterocycles. The van der Waals surface area contributed by atoms with Crippen LogP contribution in [0.3, 0.4) is 0 Å². The van der Waals surface area contributed by atoms with Gasteiger partial charge in [0, 0.05) is 0 Å². The Kier molecular flexibility index (Phi) is 5.23. The number of methoxy groups -OCH3 is 1. The van der Waals surface area contributed by atoms with Crippen molar-refractivity contribution in [1.82, 2.24) is 0 Å². The highest BCUT2D eigenvalue weighted by molar-refractivity contribution is 6.46. The van der Waals surface area contributed by atoms with Crippen molar-refractivity contribution >= 4 is 34.8 Å². The molecule has 4 nitrogen and oxygen atoms in total. The number of halogens is 3. The van der Waals surface area contributed by atoms with Crippen LogP contribution in [-0.4, -0.2) is 7.11 Å². The third-order valence-electron chi connectivity index (χ3n) is 3.10. The van der Waals surface area contributed by atoms with Crippen molar-refractivity contribution in [3.8, 4) is 29.4 Å². The molecule has 0 fully saturated rings. The van der Waals surface area contributed by atoms with E-state index in [0.29, 0.717) is 11.5 Å². The molecule has 2 rings (SSSR count). The smallest absolute Gasteiger partial charge is 0.167 e. The maximum absolute atomic E-state index is 9.20. The first-order valence-electron chi connectivity index (χ1n) is 6.27. The molecule has 0 heterocycles. The molecule has 0 aliphatic rings. The van der Waals surface area contributed by atoms with Crippen molar-refractivity contribution in [2.24, 2.45) is 0 Å². The SMILES string of the molecule is COc1ccc(Oc2c(Cl)c(Cl)c(C#N)c(C#N)c2Cl)c(C)c1. The molecule has 0 N–H and O–H groups in total. The number of hydrogen-bond donors (Lipinski definition) is 0. The van der Waals surface area contributed by atoms with Gasteiger partial charge in [0.1, 0.15) is 33.7 Å². The maximum Gasteiger partial charge on any atom is 0.167 e. The van der Waals surface area contributed by atoms with Crippen LogP contribution in [0.2, 0.25) is 15.1 Å². The van der Waals surface area contributed by atoms with Gasteiger partial charge in [-0.1, -0.05) is 34.8 Å². The lowest BCUT2D eigenvalue weighted by atomic mass is 10.1. The summed E-state index contributed by atoms with van der Waals surface area (Å²) in [6.07, 6.45) is 0. The molecule has 0 aliphatic carbocycles. The monoisotopic (exact) mass is 366 g/mol. The van der Waals surface area contributed by atoms with Crippen LogP contribution in [-0.2, 0) is 0 Å². The fourth-order valence-corrected chi connectivity index (χ4v) is 2.68. The van der Waals surface area contributed by atoms with Crippen LogP contribution in [0.5, 0.6) is 17.2 Å². The second-order valence-corrected chi connectivity index (χ2v) is 5.61. The fraction of sp³-hybridized carbons (Fsp3) is 0.125. The van der Waals surface area contributed by atoms with Gasteiger partial charge in [-0.3, -0.25) is 0 Å². The molecule has 23 heavy (non-hydrogen) atoms. The highest BCUT2D eigenvalue weighted by Gasteiger charge is 2.23. The van der Waals surface area contributed by atoms with Gasteiger partial charge in [-0.25, -0.2) is 0 Å². The summed E-state index contributed by atoms with van der Waals surface area (Å²) >= 11 is 18.4. The first-order valence-corrected chi connectivity index (χ1v) is 7.41. The van der Waals surface area contributed by atoms with E-state index in [9.17, 15) is 5.26 Å². The van der Waals surface area contributed by atoms with E-state index in [2.05, 4.69) is 0 Å². The molecule has 0 aliphatic heterocycles. The first-order chi connectivity index (χ1) is 10.9. The first kappa shape index (κ1) is 17.2. The van der Waals surface area contributed by atoms with Crippen molar-refractivity contribution in [1.29, 1.82) is 10.5 Å². The lowest BCUT2D eigenvalue weighted by molar-refractivity contribution is 0.412. The molecule has 0 spiro atoms. The summed E-state index contributed by atoms with van der Waals surface area (Å²) in [5.74, 6) is 1.17. The number of rotatable bonds is 3. The zero-order valence-electron chi connectivity index (χ0n) is 12.1. The summed E-state index contributed by atoms with van der Waals surface area (Å²) in [5.41, 5.74) is 0.614. The number of ether oxygens (including phenoxy) is 2. The maximum atomic E-state index is 9.20. The fourth-order valence-electron chi connectivity index (χ4n) is 1.91. The molecule has 0 unspecified atom stereocenters. The Morgan fingerprint density at radius 1 is 0.957 bits per heavy atom. The van der Waals surface area contributed by atoms with E-state index in [1.165, 1.54) is 0 Å². The average molecular weight is 368 g/mol. The molecule has 116 valence electrons. The molecule has 0 aromatic heterocycles. The van der Waals surface area contributed by atoms with Crippen molar-refractivity contribution in [2.45, 2.75) is 6.92 Å². The molecular formula is C16H9Cl3N2O2. The lowest BCUT2D eigenvalue weighted by Gasteiger charge is -2.15. The number of benzene rings is 2. The van der Waals surface area contributed by atoms with Crippen molar-refractivity contribution < 1.29 is 9.47 Å². The minimum absolute atomic E-state index is 0.0255. The van der Waals surface area contributed by atoms with Gasteiger partial charge in [-0.2, -0.15) is 10.5 Å². The summed E-state index contributed by atoms with van der Waals surface area (Å²) in [7, 11) is 1.56. The number of nitrogens with zero attached hydrogens (tertiary/aromatic N) is 2. The number of nitriles is 2. The Morgan fingerprint density at radius 2 is 1.57 bits per heavy atom. The van der Waals surface area contributed by atoms with Gasteiger partial charge in [0.15, 0.2) is 5.75 Å². The van der Waals surface area contributed by atoms with Crippen LogP contribution in [0.25, 0.3) is 0 Å². The normalized spacial score (nSPS) is 9.87. The van der Waals surface area contributed by atoms with Gasteiger partial charge in [-0.05, 0) is 30.7 Å². The van der Waals surface area contributed by atoms with E-state index in [-0.39, 0.29) is 31.9 Å². The van der Waals surface area contributed by atoms with Crippen LogP contribution >= 0.6 is 34.8 Å². The van der Waals surface area contributed by atoms with Crippen LogP contribution < -0.4 is 9.47 Å². The van der Waals surface area contributed by atoms with Gasteiger partial charge < -0.3 is 9.47 Å². The second-order valence-electron chi connectivity index (χ2n) is 4.48. The van der Waals surface area contributed by atoms with Gasteiger partial charge in [-0.15, -0.1) is 0 Å². The molecule has 2 aromatic rings. The molecule has 0 atom stereocenters. The summed E-state index contributed by atoms with van der Waals surface area (Å²) in [6, 6.07) is 8.82. The van der Waals surface area contributed by atoms with E-state index in [1.54, 1.807) is 25.3 Å². The molecule has 0 radical (unpaired) electrons. The van der Waals surface area contributed by atoms with Gasteiger partial charge >= 0.3 is 0 Å². The molecule has 2 aromatic carbocycles. The van der Waals surface area contributed by atoms with E-state index >= 15 is 0 Å². The second kappa shape index (κ2) is 6.98. The highest BCUT2D eigenvalue weighted by atomic mass is 35.5. The van der Waals surface area contributed by atoms with Crippen molar-refractivity contribution in [3.63, 3.8) is 0 Å². The third kappa shape index (κ3) is 3.16. The Hall–Kier alpha value is -2.11. The minimum atomic E-state index is -0.0806. The molecular weight excluding hydrogens is 359 g/mol. The van der Waals surface area contributed by atoms with Crippen LogP contribution in [0.4, 0.5) is 0 Å². The molecule has 7 heteroatoms. The topological polar surface area (TPSA) is 66.0 Å². The highest BCUT2D eigenvalue weighted by Crippen LogP contribution is 2.45. The van der Waals surface area contributed by atoms with Gasteiger partial charge in [0.2, 0.25) is 0 Å². The quantitative estimate of drug-likeness (QED) is 0.672. The van der Waals surface area contributed by atoms with Crippen molar-refractivity contribution in [3.05, 3.63) is 50.0 Å². The van der Waals surface area contributed by atoms with E-state index in [0.717, 1.165) is 5.56 Å². The summed E-state index contributed by atoms with van der Waals surface area (Å²) in [6.45, 7) is 1.82. The standard InChI is InChI=1S/C16H9Cl3N2O2/c1-8-5-9(22-2)3-4-12(8)23-16-14(18)11(7-21)10(6-20)13(17)15(16)19/h3-5H,1-2H3. The Balaban J connectivity index is 2.60. The predicted molar refractivity (Wildman–Crippen MR) is 88.7 cm³/mol. The predicted octanol–water partition coefficient (Wildman–Crippen LogP) is 5.50. The minimum Gasteiger partial charge on any atom is -0.497 e. The van der Waals surface area contributed by atoms with E-state index < -0.39 is 0 Å².